The highest BCUT2D eigenvalue weighted by molar-refractivity contribution is 7.21. The zero-order valence-electron chi connectivity index (χ0n) is 13.6. The van der Waals surface area contributed by atoms with E-state index >= 15 is 0 Å². The Balaban J connectivity index is 1.71. The first kappa shape index (κ1) is 16.4. The molecule has 4 rings (SSSR count). The summed E-state index contributed by atoms with van der Waals surface area (Å²) >= 11 is 7.47. The normalized spacial score (nSPS) is 14.1. The molecule has 25 heavy (non-hydrogen) atoms. The van der Waals surface area contributed by atoms with Crippen molar-refractivity contribution in [2.75, 3.05) is 11.1 Å². The number of nitrogen functional groups attached to an aromatic ring is 1. The van der Waals surface area contributed by atoms with Crippen molar-refractivity contribution in [1.82, 2.24) is 4.98 Å². The number of pyridine rings is 1. The molecule has 1 aromatic carbocycles. The molecule has 1 aliphatic rings. The number of aromatic nitrogens is 1. The average Bonchev–Trinajstić information content (AvgIpc) is 2.78. The maximum Gasteiger partial charge on any atom is 0.267 e. The second kappa shape index (κ2) is 6.65. The van der Waals surface area contributed by atoms with Gasteiger partial charge in [0.1, 0.15) is 9.71 Å². The van der Waals surface area contributed by atoms with Crippen molar-refractivity contribution in [2.24, 2.45) is 0 Å². The zero-order chi connectivity index (χ0) is 17.4. The first-order valence-corrected chi connectivity index (χ1v) is 9.59. The second-order valence-corrected chi connectivity index (χ2v) is 7.69. The number of carbonyl (C=O) groups excluding carboxylic acids is 1. The van der Waals surface area contributed by atoms with Crippen LogP contribution in [-0.2, 0) is 12.8 Å². The molecule has 0 fully saturated rings. The maximum absolute atomic E-state index is 12.7. The molecular weight excluding hydrogens is 354 g/mol. The predicted molar refractivity (Wildman–Crippen MR) is 105 cm³/mol. The van der Waals surface area contributed by atoms with Crippen LogP contribution in [0, 0.1) is 0 Å². The topological polar surface area (TPSA) is 68.0 Å². The van der Waals surface area contributed by atoms with Crippen molar-refractivity contribution >= 4 is 50.4 Å². The number of anilines is 2. The van der Waals surface area contributed by atoms with E-state index in [-0.39, 0.29) is 5.91 Å². The smallest absolute Gasteiger partial charge is 0.267 e. The van der Waals surface area contributed by atoms with Gasteiger partial charge < -0.3 is 11.1 Å². The average molecular weight is 372 g/mol. The predicted octanol–water partition coefficient (Wildman–Crippen LogP) is 5.05. The number of amides is 1. The molecule has 0 saturated heterocycles. The molecule has 0 radical (unpaired) electrons. The van der Waals surface area contributed by atoms with Crippen molar-refractivity contribution in [1.29, 1.82) is 0 Å². The van der Waals surface area contributed by atoms with Crippen LogP contribution in [0.25, 0.3) is 10.2 Å². The summed E-state index contributed by atoms with van der Waals surface area (Å²) in [4.78, 5) is 18.8. The quantitative estimate of drug-likeness (QED) is 0.619. The highest BCUT2D eigenvalue weighted by Crippen LogP contribution is 2.36. The van der Waals surface area contributed by atoms with Crippen LogP contribution >= 0.6 is 22.9 Å². The molecule has 2 heterocycles. The lowest BCUT2D eigenvalue weighted by Gasteiger charge is -2.06. The maximum atomic E-state index is 12.7. The van der Waals surface area contributed by atoms with Crippen LogP contribution in [0.2, 0.25) is 5.02 Å². The van der Waals surface area contributed by atoms with Gasteiger partial charge in [-0.2, -0.15) is 0 Å². The summed E-state index contributed by atoms with van der Waals surface area (Å²) in [5, 5.41) is 4.22. The Morgan fingerprint density at radius 1 is 1.20 bits per heavy atom. The molecule has 6 heteroatoms. The largest absolute Gasteiger partial charge is 0.397 e. The number of halogens is 1. The molecule has 0 atom stereocenters. The van der Waals surface area contributed by atoms with E-state index in [9.17, 15) is 4.79 Å². The summed E-state index contributed by atoms with van der Waals surface area (Å²) in [6.07, 6.45) is 5.64. The van der Waals surface area contributed by atoms with E-state index in [0.717, 1.165) is 28.8 Å². The van der Waals surface area contributed by atoms with Crippen LogP contribution in [-0.4, -0.2) is 10.9 Å². The molecule has 128 valence electrons. The van der Waals surface area contributed by atoms with Gasteiger partial charge in [0.25, 0.3) is 5.91 Å². The minimum atomic E-state index is -0.246. The Kier molecular flexibility index (Phi) is 4.36. The Morgan fingerprint density at radius 2 is 2.00 bits per heavy atom. The van der Waals surface area contributed by atoms with Gasteiger partial charge in [-0.3, -0.25) is 4.79 Å². The number of nitrogens with zero attached hydrogens (tertiary/aromatic N) is 1. The number of carbonyl (C=O) groups is 1. The van der Waals surface area contributed by atoms with Crippen LogP contribution in [0.1, 0.15) is 40.2 Å². The number of hydrogen-bond donors (Lipinski definition) is 2. The van der Waals surface area contributed by atoms with E-state index in [1.807, 2.05) is 12.1 Å². The molecule has 1 amide bonds. The van der Waals surface area contributed by atoms with Gasteiger partial charge >= 0.3 is 0 Å². The third kappa shape index (κ3) is 3.10. The summed E-state index contributed by atoms with van der Waals surface area (Å²) < 4.78 is 0. The molecule has 4 nitrogen and oxygen atoms in total. The van der Waals surface area contributed by atoms with Crippen molar-refractivity contribution in [3.8, 4) is 0 Å². The fourth-order valence-corrected chi connectivity index (χ4v) is 4.42. The van der Waals surface area contributed by atoms with Gasteiger partial charge in [-0.1, -0.05) is 30.2 Å². The van der Waals surface area contributed by atoms with Gasteiger partial charge in [-0.15, -0.1) is 11.3 Å². The van der Waals surface area contributed by atoms with Crippen LogP contribution in [0.4, 0.5) is 11.4 Å². The van der Waals surface area contributed by atoms with Crippen molar-refractivity contribution in [3.05, 3.63) is 51.5 Å². The number of nitrogens with one attached hydrogen (secondary N) is 1. The minimum absolute atomic E-state index is 0.246. The highest BCUT2D eigenvalue weighted by atomic mass is 35.5. The fourth-order valence-electron chi connectivity index (χ4n) is 3.25. The van der Waals surface area contributed by atoms with Gasteiger partial charge in [0, 0.05) is 11.1 Å². The van der Waals surface area contributed by atoms with Gasteiger partial charge in [-0.05, 0) is 49.4 Å². The zero-order valence-corrected chi connectivity index (χ0v) is 15.2. The SMILES string of the molecule is Nc1c(C(=O)Nc2ccccc2Cl)sc2nc3c(cc12)CCCCC3. The van der Waals surface area contributed by atoms with E-state index in [1.165, 1.54) is 36.2 Å². The minimum Gasteiger partial charge on any atom is -0.397 e. The number of nitrogens with two attached hydrogens (primary N) is 1. The van der Waals surface area contributed by atoms with E-state index in [0.29, 0.717) is 21.3 Å². The lowest BCUT2D eigenvalue weighted by Crippen LogP contribution is -2.12. The monoisotopic (exact) mass is 371 g/mol. The number of rotatable bonds is 2. The van der Waals surface area contributed by atoms with E-state index in [1.54, 1.807) is 12.1 Å². The Hall–Kier alpha value is -2.11. The third-order valence-electron chi connectivity index (χ3n) is 4.58. The summed E-state index contributed by atoms with van der Waals surface area (Å²) in [5.74, 6) is -0.246. The van der Waals surface area contributed by atoms with E-state index in [2.05, 4.69) is 11.4 Å². The van der Waals surface area contributed by atoms with Crippen molar-refractivity contribution in [3.63, 3.8) is 0 Å². The molecule has 3 N–H and O–H groups in total. The molecule has 1 aliphatic carbocycles. The van der Waals surface area contributed by atoms with Gasteiger partial charge in [0.15, 0.2) is 0 Å². The van der Waals surface area contributed by atoms with Gasteiger partial charge in [-0.25, -0.2) is 4.98 Å². The molecule has 0 bridgehead atoms. The van der Waals surface area contributed by atoms with Crippen LogP contribution < -0.4 is 11.1 Å². The summed E-state index contributed by atoms with van der Waals surface area (Å²) in [7, 11) is 0. The van der Waals surface area contributed by atoms with Crippen LogP contribution in [0.15, 0.2) is 30.3 Å². The number of hydrogen-bond acceptors (Lipinski definition) is 4. The summed E-state index contributed by atoms with van der Waals surface area (Å²) in [5.41, 5.74) is 9.79. The van der Waals surface area contributed by atoms with E-state index < -0.39 is 0 Å². The number of thiophene rings is 1. The number of para-hydroxylation sites is 1. The molecule has 0 aliphatic heterocycles. The lowest BCUT2D eigenvalue weighted by atomic mass is 10.1. The van der Waals surface area contributed by atoms with Crippen molar-refractivity contribution < 1.29 is 4.79 Å². The Bertz CT molecular complexity index is 967. The molecule has 2 aromatic heterocycles. The number of benzene rings is 1. The summed E-state index contributed by atoms with van der Waals surface area (Å²) in [6.45, 7) is 0. The first-order chi connectivity index (χ1) is 12.1. The Morgan fingerprint density at radius 3 is 2.84 bits per heavy atom. The molecule has 0 saturated carbocycles. The van der Waals surface area contributed by atoms with Crippen molar-refractivity contribution in [2.45, 2.75) is 32.1 Å². The molecular formula is C19H18ClN3OS. The second-order valence-electron chi connectivity index (χ2n) is 6.29. The van der Waals surface area contributed by atoms with E-state index in [4.69, 9.17) is 22.3 Å². The third-order valence-corrected chi connectivity index (χ3v) is 6.02. The standard InChI is InChI=1S/C19H18ClN3OS/c20-13-7-4-5-9-15(13)22-18(24)17-16(21)12-10-11-6-2-1-3-8-14(11)23-19(12)25-17/h4-5,7,9-10H,1-3,6,8,21H2,(H,22,24). The van der Waals surface area contributed by atoms with Crippen LogP contribution in [0.3, 0.4) is 0 Å². The molecule has 3 aromatic rings. The van der Waals surface area contributed by atoms with Crippen LogP contribution in [0.5, 0.6) is 0 Å². The number of fused-ring (bicyclic) bond motifs is 2. The van der Waals surface area contributed by atoms with Gasteiger partial charge in [0.05, 0.1) is 16.4 Å². The molecule has 0 spiro atoms. The first-order valence-electron chi connectivity index (χ1n) is 8.40. The molecule has 0 unspecified atom stereocenters. The summed E-state index contributed by atoms with van der Waals surface area (Å²) in [6, 6.07) is 9.28. The van der Waals surface area contributed by atoms with Gasteiger partial charge in [0.2, 0.25) is 0 Å². The highest BCUT2D eigenvalue weighted by Gasteiger charge is 2.20. The lowest BCUT2D eigenvalue weighted by molar-refractivity contribution is 0.103. The Labute approximate surface area is 155 Å². The fraction of sp³-hybridized carbons (Fsp3) is 0.263. The number of aryl methyl sites for hydroxylation is 2.